The van der Waals surface area contributed by atoms with Crippen molar-refractivity contribution in [3.63, 3.8) is 0 Å². The van der Waals surface area contributed by atoms with Gasteiger partial charge in [-0.05, 0) is 6.07 Å². The molecule has 0 aromatic heterocycles. The van der Waals surface area contributed by atoms with Gasteiger partial charge in [-0.1, -0.05) is 29.8 Å². The number of benzene rings is 2. The fourth-order valence-electron chi connectivity index (χ4n) is 1.88. The zero-order valence-electron chi connectivity index (χ0n) is 9.48. The van der Waals surface area contributed by atoms with Crippen molar-refractivity contribution in [1.29, 1.82) is 0 Å². The number of nitrogens with zero attached hydrogens (tertiary/aromatic N) is 3. The van der Waals surface area contributed by atoms with E-state index in [4.69, 9.17) is 11.6 Å². The Bertz CT molecular complexity index is 775. The molecule has 0 saturated carbocycles. The molecule has 102 valence electrons. The topological polar surface area (TPSA) is 129 Å². The van der Waals surface area contributed by atoms with E-state index in [1.54, 1.807) is 0 Å². The van der Waals surface area contributed by atoms with Crippen molar-refractivity contribution in [3.05, 3.63) is 59.6 Å². The summed E-state index contributed by atoms with van der Waals surface area (Å²) in [5, 5.41) is 32.4. The predicted molar refractivity (Wildman–Crippen MR) is 68.9 cm³/mol. The molecule has 0 aliphatic heterocycles. The van der Waals surface area contributed by atoms with Gasteiger partial charge in [0.2, 0.25) is 0 Å². The van der Waals surface area contributed by atoms with E-state index >= 15 is 0 Å². The summed E-state index contributed by atoms with van der Waals surface area (Å²) in [6.45, 7) is 0. The van der Waals surface area contributed by atoms with Crippen molar-refractivity contribution in [3.8, 4) is 0 Å². The zero-order chi connectivity index (χ0) is 15.0. The van der Waals surface area contributed by atoms with Gasteiger partial charge < -0.3 is 0 Å². The fourth-order valence-corrected chi connectivity index (χ4v) is 2.20. The first-order valence-corrected chi connectivity index (χ1v) is 5.41. The summed E-state index contributed by atoms with van der Waals surface area (Å²) in [5.74, 6) is 0. The first-order valence-electron chi connectivity index (χ1n) is 5.03. The average Bonchev–Trinajstić information content (AvgIpc) is 2.37. The fraction of sp³-hybridized carbons (Fsp3) is 0. The summed E-state index contributed by atoms with van der Waals surface area (Å²) in [4.78, 5) is 29.7. The van der Waals surface area contributed by atoms with Gasteiger partial charge in [0.15, 0.2) is 0 Å². The van der Waals surface area contributed by atoms with Gasteiger partial charge in [0.1, 0.15) is 5.02 Å². The van der Waals surface area contributed by atoms with Gasteiger partial charge in [0, 0.05) is 5.39 Å². The van der Waals surface area contributed by atoms with Gasteiger partial charge in [-0.2, -0.15) is 0 Å². The SMILES string of the molecule is O=[N+]([O-])c1c([N+](=O)[O-])c([N+](=O)[O-])c2ccccc2c1Cl. The van der Waals surface area contributed by atoms with Crippen LogP contribution in [0.25, 0.3) is 10.8 Å². The van der Waals surface area contributed by atoms with Gasteiger partial charge in [0.25, 0.3) is 0 Å². The standard InChI is InChI=1S/C10H4ClN3O6/c11-7-5-3-1-2-4-6(5)8(12(15)16)10(14(19)20)9(7)13(17)18/h1-4H. The molecule has 0 fully saturated rings. The van der Waals surface area contributed by atoms with Gasteiger partial charge in [-0.15, -0.1) is 0 Å². The summed E-state index contributed by atoms with van der Waals surface area (Å²) in [6.07, 6.45) is 0. The van der Waals surface area contributed by atoms with Crippen LogP contribution in [0.1, 0.15) is 0 Å². The minimum atomic E-state index is -1.22. The normalized spacial score (nSPS) is 10.4. The molecule has 0 aliphatic rings. The molecule has 9 nitrogen and oxygen atoms in total. The highest BCUT2D eigenvalue weighted by Gasteiger charge is 2.41. The minimum absolute atomic E-state index is 0.0122. The highest BCUT2D eigenvalue weighted by atomic mass is 35.5. The Morgan fingerprint density at radius 3 is 1.65 bits per heavy atom. The quantitative estimate of drug-likeness (QED) is 0.631. The van der Waals surface area contributed by atoms with Crippen LogP contribution in [0.4, 0.5) is 17.1 Å². The van der Waals surface area contributed by atoms with E-state index in [9.17, 15) is 30.3 Å². The smallest absolute Gasteiger partial charge is 0.258 e. The van der Waals surface area contributed by atoms with Gasteiger partial charge >= 0.3 is 17.1 Å². The van der Waals surface area contributed by atoms with Crippen LogP contribution in [-0.2, 0) is 0 Å². The molecular weight excluding hydrogens is 294 g/mol. The van der Waals surface area contributed by atoms with Crippen molar-refractivity contribution in [2.75, 3.05) is 0 Å². The molecule has 0 spiro atoms. The second-order valence-electron chi connectivity index (χ2n) is 3.68. The maximum absolute atomic E-state index is 11.1. The molecule has 0 radical (unpaired) electrons. The lowest BCUT2D eigenvalue weighted by molar-refractivity contribution is -0.440. The molecular formula is C10H4ClN3O6. The van der Waals surface area contributed by atoms with Gasteiger partial charge in [0.05, 0.1) is 20.2 Å². The number of hydrogen-bond donors (Lipinski definition) is 0. The van der Waals surface area contributed by atoms with Crippen molar-refractivity contribution in [2.24, 2.45) is 0 Å². The first-order chi connectivity index (χ1) is 9.36. The van der Waals surface area contributed by atoms with Crippen LogP contribution in [0.3, 0.4) is 0 Å². The van der Waals surface area contributed by atoms with Crippen molar-refractivity contribution >= 4 is 39.4 Å². The molecule has 0 N–H and O–H groups in total. The number of fused-ring (bicyclic) bond motifs is 1. The van der Waals surface area contributed by atoms with Crippen LogP contribution in [0, 0.1) is 30.3 Å². The van der Waals surface area contributed by atoms with E-state index < -0.39 is 36.9 Å². The van der Waals surface area contributed by atoms with E-state index in [2.05, 4.69) is 0 Å². The molecule has 2 aromatic carbocycles. The zero-order valence-corrected chi connectivity index (χ0v) is 10.2. The summed E-state index contributed by atoms with van der Waals surface area (Å²) in [7, 11) is 0. The molecule has 10 heteroatoms. The molecule has 20 heavy (non-hydrogen) atoms. The third-order valence-electron chi connectivity index (χ3n) is 2.62. The summed E-state index contributed by atoms with van der Waals surface area (Å²) < 4.78 is 0. The van der Waals surface area contributed by atoms with Crippen LogP contribution < -0.4 is 0 Å². The average molecular weight is 298 g/mol. The van der Waals surface area contributed by atoms with E-state index in [0.29, 0.717) is 0 Å². The molecule has 0 saturated heterocycles. The first kappa shape index (κ1) is 13.6. The third-order valence-corrected chi connectivity index (χ3v) is 3.01. The number of rotatable bonds is 3. The van der Waals surface area contributed by atoms with E-state index in [1.807, 2.05) is 0 Å². The Morgan fingerprint density at radius 1 is 0.750 bits per heavy atom. The molecule has 0 unspecified atom stereocenters. The summed E-state index contributed by atoms with van der Waals surface area (Å²) in [6, 6.07) is 5.45. The van der Waals surface area contributed by atoms with Crippen molar-refractivity contribution in [1.82, 2.24) is 0 Å². The number of nitro benzene ring substituents is 3. The Kier molecular flexibility index (Phi) is 3.20. The van der Waals surface area contributed by atoms with Crippen LogP contribution in [0.2, 0.25) is 5.02 Å². The lowest BCUT2D eigenvalue weighted by Crippen LogP contribution is -2.03. The Labute approximate surface area is 114 Å². The molecule has 2 aromatic rings. The van der Waals surface area contributed by atoms with Crippen LogP contribution in [0.5, 0.6) is 0 Å². The van der Waals surface area contributed by atoms with Gasteiger partial charge in [-0.25, -0.2) is 0 Å². The Morgan fingerprint density at radius 2 is 1.20 bits per heavy atom. The Hall–Kier alpha value is -2.81. The van der Waals surface area contributed by atoms with Crippen LogP contribution >= 0.6 is 11.6 Å². The number of nitro groups is 3. The third kappa shape index (κ3) is 1.89. The number of halogens is 1. The lowest BCUT2D eigenvalue weighted by Gasteiger charge is -2.04. The second kappa shape index (κ2) is 4.70. The molecule has 0 aliphatic carbocycles. The van der Waals surface area contributed by atoms with Gasteiger partial charge in [-0.3, -0.25) is 30.3 Å². The Balaban J connectivity index is 3.15. The monoisotopic (exact) mass is 297 g/mol. The molecule has 0 atom stereocenters. The van der Waals surface area contributed by atoms with Crippen molar-refractivity contribution in [2.45, 2.75) is 0 Å². The van der Waals surface area contributed by atoms with E-state index in [0.717, 1.165) is 0 Å². The molecule has 2 rings (SSSR count). The molecule has 0 bridgehead atoms. The highest BCUT2D eigenvalue weighted by Crippen LogP contribution is 2.47. The maximum atomic E-state index is 11.1. The van der Waals surface area contributed by atoms with Crippen LogP contribution in [-0.4, -0.2) is 14.8 Å². The molecule has 0 amide bonds. The predicted octanol–water partition coefficient (Wildman–Crippen LogP) is 3.22. The minimum Gasteiger partial charge on any atom is -0.258 e. The number of hydrogen-bond acceptors (Lipinski definition) is 6. The van der Waals surface area contributed by atoms with E-state index in [1.165, 1.54) is 24.3 Å². The summed E-state index contributed by atoms with van der Waals surface area (Å²) in [5.41, 5.74) is -3.24. The summed E-state index contributed by atoms with van der Waals surface area (Å²) >= 11 is 5.79. The van der Waals surface area contributed by atoms with Crippen LogP contribution in [0.15, 0.2) is 24.3 Å². The maximum Gasteiger partial charge on any atom is 0.424 e. The van der Waals surface area contributed by atoms with E-state index in [-0.39, 0.29) is 10.8 Å². The lowest BCUT2D eigenvalue weighted by atomic mass is 10.1. The second-order valence-corrected chi connectivity index (χ2v) is 4.05. The molecule has 0 heterocycles. The van der Waals surface area contributed by atoms with Crippen molar-refractivity contribution < 1.29 is 14.8 Å². The highest BCUT2D eigenvalue weighted by molar-refractivity contribution is 6.39. The largest absolute Gasteiger partial charge is 0.424 e.